The van der Waals surface area contributed by atoms with E-state index < -0.39 is 17.5 Å². The van der Waals surface area contributed by atoms with E-state index in [0.717, 1.165) is 32.2 Å². The van der Waals surface area contributed by atoms with Crippen molar-refractivity contribution in [3.8, 4) is 12.3 Å². The topological polar surface area (TPSA) is 93.3 Å². The summed E-state index contributed by atoms with van der Waals surface area (Å²) in [7, 11) is 3.39. The first-order chi connectivity index (χ1) is 19.5. The molecule has 4 amide bonds. The second-order valence-electron chi connectivity index (χ2n) is 13.7. The maximum Gasteiger partial charge on any atom is 0.249 e. The highest BCUT2D eigenvalue weighted by atomic mass is 16.2. The van der Waals surface area contributed by atoms with Crippen LogP contribution in [0, 0.1) is 23.7 Å². The third-order valence-corrected chi connectivity index (χ3v) is 8.65. The van der Waals surface area contributed by atoms with E-state index in [9.17, 15) is 19.2 Å². The van der Waals surface area contributed by atoms with Crippen molar-refractivity contribution < 1.29 is 19.2 Å². The predicted octanol–water partition coefficient (Wildman–Crippen LogP) is 3.29. The van der Waals surface area contributed by atoms with Gasteiger partial charge in [-0.2, -0.15) is 0 Å². The first-order valence-electron chi connectivity index (χ1n) is 15.5. The Kier molecular flexibility index (Phi) is 12.7. The third-order valence-electron chi connectivity index (χ3n) is 8.65. The van der Waals surface area contributed by atoms with Gasteiger partial charge in [-0.1, -0.05) is 53.0 Å². The van der Waals surface area contributed by atoms with Crippen LogP contribution in [-0.2, 0) is 19.2 Å². The molecule has 0 spiro atoms. The first kappa shape index (κ1) is 35.3. The van der Waals surface area contributed by atoms with Crippen LogP contribution in [0.1, 0.15) is 87.5 Å². The Hall–Kier alpha value is -2.86. The van der Waals surface area contributed by atoms with Gasteiger partial charge in [0.15, 0.2) is 0 Å². The summed E-state index contributed by atoms with van der Waals surface area (Å²) in [4.78, 5) is 61.1. The second-order valence-corrected chi connectivity index (χ2v) is 13.7. The van der Waals surface area contributed by atoms with Crippen molar-refractivity contribution in [2.45, 2.75) is 118 Å². The average Bonchev–Trinajstić information content (AvgIpc) is 3.41. The number of hydrogen-bond donors (Lipinski definition) is 1. The smallest absolute Gasteiger partial charge is 0.249 e. The fourth-order valence-electron chi connectivity index (χ4n) is 6.13. The molecular weight excluding hydrogens is 530 g/mol. The van der Waals surface area contributed by atoms with E-state index in [1.807, 2.05) is 40.7 Å². The van der Waals surface area contributed by atoms with Crippen LogP contribution >= 0.6 is 0 Å². The molecule has 2 aliphatic heterocycles. The largest absolute Gasteiger partial charge is 0.342 e. The van der Waals surface area contributed by atoms with Crippen LogP contribution in [0.2, 0.25) is 0 Å². The quantitative estimate of drug-likeness (QED) is 0.314. The Morgan fingerprint density at radius 3 is 2.17 bits per heavy atom. The molecule has 2 saturated heterocycles. The third kappa shape index (κ3) is 8.59. The van der Waals surface area contributed by atoms with E-state index in [1.165, 1.54) is 4.90 Å². The molecule has 236 valence electrons. The summed E-state index contributed by atoms with van der Waals surface area (Å²) >= 11 is 0. The van der Waals surface area contributed by atoms with E-state index in [1.54, 1.807) is 30.8 Å². The van der Waals surface area contributed by atoms with Crippen LogP contribution < -0.4 is 5.32 Å². The minimum atomic E-state index is -0.733. The van der Waals surface area contributed by atoms with Crippen LogP contribution in [0.4, 0.5) is 0 Å². The monoisotopic (exact) mass is 585 g/mol. The molecule has 42 heavy (non-hydrogen) atoms. The zero-order chi connectivity index (χ0) is 31.9. The number of rotatable bonds is 10. The van der Waals surface area contributed by atoms with E-state index in [2.05, 4.69) is 30.0 Å². The van der Waals surface area contributed by atoms with Crippen molar-refractivity contribution in [1.82, 2.24) is 24.9 Å². The molecule has 4 atom stereocenters. The van der Waals surface area contributed by atoms with E-state index in [-0.39, 0.29) is 54.2 Å². The van der Waals surface area contributed by atoms with Gasteiger partial charge < -0.3 is 20.0 Å². The summed E-state index contributed by atoms with van der Waals surface area (Å²) in [5, 5.41) is 3.12. The minimum Gasteiger partial charge on any atom is -0.342 e. The zero-order valence-electron chi connectivity index (χ0n) is 27.7. The van der Waals surface area contributed by atoms with Crippen molar-refractivity contribution in [3.05, 3.63) is 11.6 Å². The molecular formula is C33H55N5O4. The maximum atomic E-state index is 14.1. The van der Waals surface area contributed by atoms with Crippen molar-refractivity contribution in [2.24, 2.45) is 11.3 Å². The van der Waals surface area contributed by atoms with E-state index >= 15 is 0 Å². The molecule has 0 aromatic carbocycles. The summed E-state index contributed by atoms with van der Waals surface area (Å²) in [5.41, 5.74) is -0.0408. The molecule has 0 saturated carbocycles. The molecule has 1 N–H and O–H groups in total. The van der Waals surface area contributed by atoms with Gasteiger partial charge in [-0.05, 0) is 64.3 Å². The Labute approximate surface area is 254 Å². The van der Waals surface area contributed by atoms with Crippen molar-refractivity contribution in [2.75, 3.05) is 33.7 Å². The fraction of sp³-hybridized carbons (Fsp3) is 0.758. The SMILES string of the molecule is C#CCN(C)C(=O)C1CCCN1C(=O)/C(C)=C/C(C(C)C)N(C)C(=O)C(NC(=O)C1CCCCN1C(C)C)C(C)(C)C. The van der Waals surface area contributed by atoms with Crippen LogP contribution in [0.3, 0.4) is 0 Å². The summed E-state index contributed by atoms with van der Waals surface area (Å²) in [6.07, 6.45) is 11.4. The molecule has 4 unspecified atom stereocenters. The highest BCUT2D eigenvalue weighted by Gasteiger charge is 2.40. The number of likely N-dealkylation sites (N-methyl/N-ethyl adjacent to an activating group) is 2. The molecule has 0 aliphatic carbocycles. The zero-order valence-corrected chi connectivity index (χ0v) is 27.7. The van der Waals surface area contributed by atoms with Crippen LogP contribution in [0.15, 0.2) is 11.6 Å². The number of carbonyl (C=O) groups excluding carboxylic acids is 4. The molecule has 0 aromatic heterocycles. The molecule has 2 rings (SSSR count). The Balaban J connectivity index is 2.28. The van der Waals surface area contributed by atoms with Gasteiger partial charge in [-0.25, -0.2) is 0 Å². The molecule has 2 fully saturated rings. The number of amides is 4. The molecule has 2 heterocycles. The van der Waals surface area contributed by atoms with Gasteiger partial charge in [0, 0.05) is 32.3 Å². The van der Waals surface area contributed by atoms with Gasteiger partial charge in [0.2, 0.25) is 23.6 Å². The number of hydrogen-bond acceptors (Lipinski definition) is 5. The molecule has 0 radical (unpaired) electrons. The van der Waals surface area contributed by atoms with Crippen LogP contribution in [0.25, 0.3) is 0 Å². The summed E-state index contributed by atoms with van der Waals surface area (Å²) in [6.45, 7) is 17.4. The van der Waals surface area contributed by atoms with Gasteiger partial charge in [-0.3, -0.25) is 24.1 Å². The normalized spacial score (nSPS) is 21.6. The lowest BCUT2D eigenvalue weighted by atomic mass is 9.84. The average molecular weight is 586 g/mol. The second kappa shape index (κ2) is 15.0. The van der Waals surface area contributed by atoms with Gasteiger partial charge in [0.1, 0.15) is 12.1 Å². The Morgan fingerprint density at radius 2 is 1.62 bits per heavy atom. The lowest BCUT2D eigenvalue weighted by molar-refractivity contribution is -0.142. The summed E-state index contributed by atoms with van der Waals surface area (Å²) in [5.74, 6) is 1.83. The highest BCUT2D eigenvalue weighted by molar-refractivity contribution is 5.97. The van der Waals surface area contributed by atoms with Gasteiger partial charge >= 0.3 is 0 Å². The maximum absolute atomic E-state index is 14.1. The van der Waals surface area contributed by atoms with Crippen LogP contribution in [0.5, 0.6) is 0 Å². The number of carbonyl (C=O) groups is 4. The molecule has 9 nitrogen and oxygen atoms in total. The summed E-state index contributed by atoms with van der Waals surface area (Å²) in [6, 6.07) is -1.67. The predicted molar refractivity (Wildman–Crippen MR) is 167 cm³/mol. The molecule has 9 heteroatoms. The molecule has 0 bridgehead atoms. The number of likely N-dealkylation sites (tertiary alicyclic amines) is 2. The van der Waals surface area contributed by atoms with Gasteiger partial charge in [0.05, 0.1) is 18.6 Å². The first-order valence-corrected chi connectivity index (χ1v) is 15.5. The number of nitrogens with one attached hydrogen (secondary N) is 1. The van der Waals surface area contributed by atoms with Crippen molar-refractivity contribution >= 4 is 23.6 Å². The Bertz CT molecular complexity index is 1050. The minimum absolute atomic E-state index is 0.00515. The van der Waals surface area contributed by atoms with E-state index in [0.29, 0.717) is 18.5 Å². The van der Waals surface area contributed by atoms with Crippen molar-refractivity contribution in [1.29, 1.82) is 0 Å². The number of piperidine rings is 1. The van der Waals surface area contributed by atoms with Gasteiger partial charge in [-0.15, -0.1) is 6.42 Å². The van der Waals surface area contributed by atoms with Crippen LogP contribution in [-0.4, -0.2) is 107 Å². The highest BCUT2D eigenvalue weighted by Crippen LogP contribution is 2.27. The van der Waals surface area contributed by atoms with Gasteiger partial charge in [0.25, 0.3) is 0 Å². The lowest BCUT2D eigenvalue weighted by Gasteiger charge is -2.41. The molecule has 0 aromatic rings. The Morgan fingerprint density at radius 1 is 1.00 bits per heavy atom. The fourth-order valence-corrected chi connectivity index (χ4v) is 6.13. The molecule has 2 aliphatic rings. The lowest BCUT2D eigenvalue weighted by Crippen LogP contribution is -2.60. The van der Waals surface area contributed by atoms with Crippen molar-refractivity contribution in [3.63, 3.8) is 0 Å². The number of terminal acetylenes is 1. The summed E-state index contributed by atoms with van der Waals surface area (Å²) < 4.78 is 0. The number of nitrogens with zero attached hydrogens (tertiary/aromatic N) is 4. The van der Waals surface area contributed by atoms with E-state index in [4.69, 9.17) is 6.42 Å². The standard InChI is InChI=1S/C33H55N5O4/c1-12-18-35(10)31(41)26-17-15-20-38(26)30(40)24(6)21-27(22(2)3)36(11)32(42)28(33(7,8)9)34-29(39)25-16-13-14-19-37(25)23(4)5/h1,21-23,25-28H,13-20H2,2-11H3,(H,34,39)/b24-21+.